The van der Waals surface area contributed by atoms with Crippen molar-refractivity contribution in [2.45, 2.75) is 46.7 Å². The first kappa shape index (κ1) is 19.7. The van der Waals surface area contributed by atoms with Gasteiger partial charge in [-0.15, -0.1) is 0 Å². The minimum atomic E-state index is -0.530. The molecule has 26 heavy (non-hydrogen) atoms. The molecule has 0 aliphatic carbocycles. The van der Waals surface area contributed by atoms with E-state index in [1.54, 1.807) is 18.9 Å². The molecule has 0 aliphatic rings. The van der Waals surface area contributed by atoms with E-state index in [4.69, 9.17) is 0 Å². The van der Waals surface area contributed by atoms with E-state index in [1.165, 1.54) is 0 Å². The summed E-state index contributed by atoms with van der Waals surface area (Å²) in [5, 5.41) is 2.65. The second kappa shape index (κ2) is 8.65. The summed E-state index contributed by atoms with van der Waals surface area (Å²) >= 11 is 0. The zero-order valence-corrected chi connectivity index (χ0v) is 16.3. The van der Waals surface area contributed by atoms with Crippen LogP contribution in [-0.2, 0) is 22.6 Å². The zero-order valence-electron chi connectivity index (χ0n) is 16.3. The average Bonchev–Trinajstić information content (AvgIpc) is 2.61. The van der Waals surface area contributed by atoms with Gasteiger partial charge < -0.3 is 10.2 Å². The fraction of sp³-hybridized carbons (Fsp3) is 0.364. The normalized spacial score (nSPS) is 11.7. The highest BCUT2D eigenvalue weighted by molar-refractivity contribution is 5.88. The molecule has 1 N–H and O–H groups in total. The van der Waals surface area contributed by atoms with Gasteiger partial charge in [0.25, 0.3) is 0 Å². The minimum absolute atomic E-state index is 0.0451. The van der Waals surface area contributed by atoms with Crippen molar-refractivity contribution in [2.24, 2.45) is 0 Å². The highest BCUT2D eigenvalue weighted by Gasteiger charge is 2.25. The summed E-state index contributed by atoms with van der Waals surface area (Å²) in [6.07, 6.45) is 0.292. The number of amides is 2. The SMILES string of the molecule is CNC(=O)[C@H](C)N(Cc1cccc(C)c1)C(=O)Cc1cc(C)ccc1C. The lowest BCUT2D eigenvalue weighted by molar-refractivity contribution is -0.139. The van der Waals surface area contributed by atoms with Crippen molar-refractivity contribution in [2.75, 3.05) is 7.05 Å². The van der Waals surface area contributed by atoms with Crippen molar-refractivity contribution < 1.29 is 9.59 Å². The van der Waals surface area contributed by atoms with Gasteiger partial charge in [-0.3, -0.25) is 9.59 Å². The van der Waals surface area contributed by atoms with E-state index < -0.39 is 6.04 Å². The number of hydrogen-bond donors (Lipinski definition) is 1. The van der Waals surface area contributed by atoms with Crippen LogP contribution < -0.4 is 5.32 Å². The molecule has 0 spiro atoms. The van der Waals surface area contributed by atoms with Gasteiger partial charge in [0.1, 0.15) is 6.04 Å². The van der Waals surface area contributed by atoms with Crippen LogP contribution in [0, 0.1) is 20.8 Å². The lowest BCUT2D eigenvalue weighted by Crippen LogP contribution is -2.47. The van der Waals surface area contributed by atoms with Gasteiger partial charge in [0.15, 0.2) is 0 Å². The third kappa shape index (κ3) is 4.94. The first-order valence-corrected chi connectivity index (χ1v) is 8.94. The molecule has 2 amide bonds. The quantitative estimate of drug-likeness (QED) is 0.867. The number of benzene rings is 2. The molecule has 4 nitrogen and oxygen atoms in total. The van der Waals surface area contributed by atoms with Crippen LogP contribution >= 0.6 is 0 Å². The Morgan fingerprint density at radius 2 is 1.73 bits per heavy atom. The Kier molecular flexibility index (Phi) is 6.56. The number of carbonyl (C=O) groups excluding carboxylic acids is 2. The first-order chi connectivity index (χ1) is 12.3. The molecule has 0 radical (unpaired) electrons. The molecule has 0 aliphatic heterocycles. The Labute approximate surface area is 156 Å². The summed E-state index contributed by atoms with van der Waals surface area (Å²) in [7, 11) is 1.60. The summed E-state index contributed by atoms with van der Waals surface area (Å²) < 4.78 is 0. The number of hydrogen-bond acceptors (Lipinski definition) is 2. The van der Waals surface area contributed by atoms with Gasteiger partial charge in [-0.2, -0.15) is 0 Å². The van der Waals surface area contributed by atoms with Crippen molar-refractivity contribution in [3.8, 4) is 0 Å². The Balaban J connectivity index is 2.28. The van der Waals surface area contributed by atoms with Crippen molar-refractivity contribution in [1.82, 2.24) is 10.2 Å². The Morgan fingerprint density at radius 3 is 2.38 bits per heavy atom. The van der Waals surface area contributed by atoms with Crippen molar-refractivity contribution in [3.05, 3.63) is 70.3 Å². The first-order valence-electron chi connectivity index (χ1n) is 8.94. The van der Waals surface area contributed by atoms with Crippen LogP contribution in [0.4, 0.5) is 0 Å². The highest BCUT2D eigenvalue weighted by Crippen LogP contribution is 2.16. The van der Waals surface area contributed by atoms with Gasteiger partial charge in [0.2, 0.25) is 11.8 Å². The number of likely N-dealkylation sites (N-methyl/N-ethyl adjacent to an activating group) is 1. The molecule has 1 atom stereocenters. The van der Waals surface area contributed by atoms with E-state index in [-0.39, 0.29) is 11.8 Å². The highest BCUT2D eigenvalue weighted by atomic mass is 16.2. The van der Waals surface area contributed by atoms with Gasteiger partial charge >= 0.3 is 0 Å². The van der Waals surface area contributed by atoms with E-state index in [0.29, 0.717) is 13.0 Å². The van der Waals surface area contributed by atoms with Crippen LogP contribution in [0.3, 0.4) is 0 Å². The fourth-order valence-corrected chi connectivity index (χ4v) is 3.05. The number of nitrogens with one attached hydrogen (secondary N) is 1. The van der Waals surface area contributed by atoms with Gasteiger partial charge in [-0.05, 0) is 44.4 Å². The lowest BCUT2D eigenvalue weighted by atomic mass is 10.0. The predicted octanol–water partition coefficient (Wildman–Crippen LogP) is 3.32. The fourth-order valence-electron chi connectivity index (χ4n) is 3.05. The van der Waals surface area contributed by atoms with Crippen LogP contribution in [0.2, 0.25) is 0 Å². The minimum Gasteiger partial charge on any atom is -0.357 e. The van der Waals surface area contributed by atoms with Crippen molar-refractivity contribution in [3.63, 3.8) is 0 Å². The van der Waals surface area contributed by atoms with Gasteiger partial charge in [-0.1, -0.05) is 53.6 Å². The molecule has 2 aromatic rings. The van der Waals surface area contributed by atoms with Gasteiger partial charge in [-0.25, -0.2) is 0 Å². The molecule has 0 saturated carbocycles. The van der Waals surface area contributed by atoms with E-state index in [2.05, 4.69) is 11.4 Å². The second-order valence-corrected chi connectivity index (χ2v) is 6.91. The molecule has 138 valence electrons. The van der Waals surface area contributed by atoms with Crippen LogP contribution in [0.1, 0.15) is 34.7 Å². The summed E-state index contributed by atoms with van der Waals surface area (Å²) in [4.78, 5) is 26.9. The molecule has 4 heteroatoms. The number of rotatable bonds is 6. The smallest absolute Gasteiger partial charge is 0.242 e. The topological polar surface area (TPSA) is 49.4 Å². The number of nitrogens with zero attached hydrogens (tertiary/aromatic N) is 1. The second-order valence-electron chi connectivity index (χ2n) is 6.91. The molecule has 0 saturated heterocycles. The lowest BCUT2D eigenvalue weighted by Gasteiger charge is -2.29. The van der Waals surface area contributed by atoms with Gasteiger partial charge in [0.05, 0.1) is 6.42 Å². The Hall–Kier alpha value is -2.62. The molecular weight excluding hydrogens is 324 g/mol. The average molecular weight is 352 g/mol. The standard InChI is InChI=1S/C22H28N2O2/c1-15-7-6-8-19(11-15)14-24(18(4)22(26)23-5)21(25)13-20-12-16(2)9-10-17(20)3/h6-12,18H,13-14H2,1-5H3,(H,23,26)/t18-/m0/s1. The molecule has 0 aromatic heterocycles. The maximum atomic E-state index is 13.1. The Morgan fingerprint density at radius 1 is 1.04 bits per heavy atom. The molecule has 0 bridgehead atoms. The molecule has 2 aromatic carbocycles. The molecule has 0 unspecified atom stereocenters. The molecule has 0 heterocycles. The van der Waals surface area contributed by atoms with Crippen LogP contribution in [0.5, 0.6) is 0 Å². The largest absolute Gasteiger partial charge is 0.357 e. The molecule has 2 rings (SSSR count). The predicted molar refractivity (Wildman–Crippen MR) is 105 cm³/mol. The Bertz CT molecular complexity index is 798. The van der Waals surface area contributed by atoms with Crippen molar-refractivity contribution >= 4 is 11.8 Å². The maximum absolute atomic E-state index is 13.1. The van der Waals surface area contributed by atoms with Crippen LogP contribution in [0.25, 0.3) is 0 Å². The third-order valence-corrected chi connectivity index (χ3v) is 4.70. The van der Waals surface area contributed by atoms with Crippen molar-refractivity contribution in [1.29, 1.82) is 0 Å². The summed E-state index contributed by atoms with van der Waals surface area (Å²) in [6, 6.07) is 13.6. The number of aryl methyl sites for hydroxylation is 3. The van der Waals surface area contributed by atoms with Crippen LogP contribution in [0.15, 0.2) is 42.5 Å². The van der Waals surface area contributed by atoms with Gasteiger partial charge in [0, 0.05) is 13.6 Å². The maximum Gasteiger partial charge on any atom is 0.242 e. The van der Waals surface area contributed by atoms with E-state index in [9.17, 15) is 9.59 Å². The monoisotopic (exact) mass is 352 g/mol. The molecule has 0 fully saturated rings. The van der Waals surface area contributed by atoms with E-state index in [0.717, 1.165) is 27.8 Å². The third-order valence-electron chi connectivity index (χ3n) is 4.70. The summed E-state index contributed by atoms with van der Waals surface area (Å²) in [6.45, 7) is 8.24. The molecular formula is C22H28N2O2. The van der Waals surface area contributed by atoms with Crippen LogP contribution in [-0.4, -0.2) is 29.8 Å². The summed E-state index contributed by atoms with van der Waals surface area (Å²) in [5.74, 6) is -0.205. The number of carbonyl (C=O) groups is 2. The summed E-state index contributed by atoms with van der Waals surface area (Å²) in [5.41, 5.74) is 5.38. The zero-order chi connectivity index (χ0) is 19.3. The van der Waals surface area contributed by atoms with E-state index >= 15 is 0 Å². The van der Waals surface area contributed by atoms with E-state index in [1.807, 2.05) is 57.2 Å².